The Bertz CT molecular complexity index is 461. The maximum Gasteiger partial charge on any atom is 0.412 e. The van der Waals surface area contributed by atoms with E-state index in [0.717, 1.165) is 11.1 Å². The van der Waals surface area contributed by atoms with E-state index < -0.39 is 11.7 Å². The number of halogens is 3. The highest BCUT2D eigenvalue weighted by atomic mass is 19.4. The molecule has 0 saturated heterocycles. The zero-order valence-electron chi connectivity index (χ0n) is 9.51. The van der Waals surface area contributed by atoms with Crippen LogP contribution >= 0.6 is 0 Å². The van der Waals surface area contributed by atoms with Gasteiger partial charge in [0.1, 0.15) is 0 Å². The molecule has 0 bridgehead atoms. The molecule has 0 N–H and O–H groups in total. The van der Waals surface area contributed by atoms with E-state index >= 15 is 0 Å². The van der Waals surface area contributed by atoms with Crippen molar-refractivity contribution in [1.29, 1.82) is 0 Å². The second-order valence-electron chi connectivity index (χ2n) is 4.23. The van der Waals surface area contributed by atoms with Crippen molar-refractivity contribution in [3.8, 4) is 0 Å². The van der Waals surface area contributed by atoms with Crippen molar-refractivity contribution < 1.29 is 13.2 Å². The zero-order chi connectivity index (χ0) is 12.5. The number of alkyl halides is 3. The summed E-state index contributed by atoms with van der Waals surface area (Å²) in [6.07, 6.45) is -0.550. The molecule has 1 aliphatic carbocycles. The van der Waals surface area contributed by atoms with Crippen molar-refractivity contribution in [2.75, 3.05) is 0 Å². The molecule has 2 rings (SSSR count). The lowest BCUT2D eigenvalue weighted by molar-refractivity contribution is -0.0939. The Morgan fingerprint density at radius 3 is 2.29 bits per heavy atom. The molecule has 3 heteroatoms. The highest BCUT2D eigenvalue weighted by molar-refractivity contribution is 5.76. The molecule has 0 amide bonds. The molecule has 0 fully saturated rings. The summed E-state index contributed by atoms with van der Waals surface area (Å²) in [5.74, 6) is 0. The first-order valence-corrected chi connectivity index (χ1v) is 5.52. The summed E-state index contributed by atoms with van der Waals surface area (Å²) in [7, 11) is 0. The Labute approximate surface area is 98.5 Å². The van der Waals surface area contributed by atoms with Crippen LogP contribution in [-0.4, -0.2) is 6.18 Å². The van der Waals surface area contributed by atoms with Gasteiger partial charge >= 0.3 is 6.18 Å². The second-order valence-corrected chi connectivity index (χ2v) is 4.23. The van der Waals surface area contributed by atoms with Crippen LogP contribution in [0.5, 0.6) is 0 Å². The standard InChI is InChI=1S/C14H13F3/c1-10-5-7-11(8-6-10)12-3-2-4-13(9-12)14(15,16)17/h3,5-9H,2,4H2,1H3. The fraction of sp³-hybridized carbons (Fsp3) is 0.286. The third-order valence-electron chi connectivity index (χ3n) is 2.86. The molecule has 0 atom stereocenters. The minimum atomic E-state index is -4.20. The minimum Gasteiger partial charge on any atom is -0.166 e. The topological polar surface area (TPSA) is 0 Å². The molecule has 17 heavy (non-hydrogen) atoms. The number of rotatable bonds is 1. The van der Waals surface area contributed by atoms with Crippen molar-refractivity contribution >= 4 is 5.57 Å². The average molecular weight is 238 g/mol. The van der Waals surface area contributed by atoms with Gasteiger partial charge in [-0.3, -0.25) is 0 Å². The Hall–Kier alpha value is -1.51. The van der Waals surface area contributed by atoms with E-state index in [0.29, 0.717) is 12.0 Å². The van der Waals surface area contributed by atoms with Gasteiger partial charge < -0.3 is 0 Å². The van der Waals surface area contributed by atoms with Gasteiger partial charge in [-0.05, 0) is 37.0 Å². The second kappa shape index (κ2) is 4.40. The van der Waals surface area contributed by atoms with Crippen molar-refractivity contribution in [3.05, 3.63) is 53.1 Å². The van der Waals surface area contributed by atoms with Crippen molar-refractivity contribution in [2.24, 2.45) is 0 Å². The van der Waals surface area contributed by atoms with E-state index in [4.69, 9.17) is 0 Å². The van der Waals surface area contributed by atoms with E-state index in [2.05, 4.69) is 0 Å². The third kappa shape index (κ3) is 2.78. The number of hydrogen-bond donors (Lipinski definition) is 0. The van der Waals surface area contributed by atoms with Crippen LogP contribution in [0.4, 0.5) is 13.2 Å². The van der Waals surface area contributed by atoms with E-state index in [1.165, 1.54) is 6.08 Å². The molecule has 1 aromatic rings. The Balaban J connectivity index is 2.31. The quantitative estimate of drug-likeness (QED) is 0.667. The molecule has 0 spiro atoms. The third-order valence-corrected chi connectivity index (χ3v) is 2.86. The predicted octanol–water partition coefficient (Wildman–Crippen LogP) is 4.66. The Kier molecular flexibility index (Phi) is 3.09. The number of benzene rings is 1. The molecular weight excluding hydrogens is 225 g/mol. The van der Waals surface area contributed by atoms with Gasteiger partial charge in [-0.1, -0.05) is 35.9 Å². The van der Waals surface area contributed by atoms with Gasteiger partial charge in [-0.15, -0.1) is 0 Å². The van der Waals surface area contributed by atoms with Gasteiger partial charge in [0.2, 0.25) is 0 Å². The first kappa shape index (κ1) is 12.0. The monoisotopic (exact) mass is 238 g/mol. The van der Waals surface area contributed by atoms with Crippen LogP contribution in [0.3, 0.4) is 0 Å². The molecule has 0 radical (unpaired) electrons. The largest absolute Gasteiger partial charge is 0.412 e. The van der Waals surface area contributed by atoms with Gasteiger partial charge in [-0.2, -0.15) is 13.2 Å². The summed E-state index contributed by atoms with van der Waals surface area (Å²) in [4.78, 5) is 0. The van der Waals surface area contributed by atoms with Crippen LogP contribution in [0, 0.1) is 6.92 Å². The first-order valence-electron chi connectivity index (χ1n) is 5.52. The lowest BCUT2D eigenvalue weighted by Gasteiger charge is -2.16. The van der Waals surface area contributed by atoms with Gasteiger partial charge in [0, 0.05) is 5.57 Å². The van der Waals surface area contributed by atoms with E-state index in [9.17, 15) is 13.2 Å². The average Bonchev–Trinajstić information content (AvgIpc) is 2.29. The smallest absolute Gasteiger partial charge is 0.166 e. The molecule has 0 aliphatic heterocycles. The fourth-order valence-corrected chi connectivity index (χ4v) is 1.87. The summed E-state index contributed by atoms with van der Waals surface area (Å²) in [5, 5.41) is 0. The lowest BCUT2D eigenvalue weighted by Crippen LogP contribution is -2.13. The van der Waals surface area contributed by atoms with E-state index in [1.807, 2.05) is 37.3 Å². The van der Waals surface area contributed by atoms with Crippen molar-refractivity contribution in [2.45, 2.75) is 25.9 Å². The van der Waals surface area contributed by atoms with Gasteiger partial charge in [0.05, 0.1) is 0 Å². The predicted molar refractivity (Wildman–Crippen MR) is 62.5 cm³/mol. The molecule has 1 aliphatic rings. The maximum absolute atomic E-state index is 12.6. The van der Waals surface area contributed by atoms with Crippen LogP contribution in [-0.2, 0) is 0 Å². The molecule has 0 unspecified atom stereocenters. The number of allylic oxidation sites excluding steroid dienone is 4. The zero-order valence-corrected chi connectivity index (χ0v) is 9.51. The summed E-state index contributed by atoms with van der Waals surface area (Å²) < 4.78 is 37.8. The molecule has 0 heterocycles. The Morgan fingerprint density at radius 2 is 1.71 bits per heavy atom. The lowest BCUT2D eigenvalue weighted by atomic mass is 9.94. The van der Waals surface area contributed by atoms with Crippen LogP contribution < -0.4 is 0 Å². The molecule has 0 saturated carbocycles. The van der Waals surface area contributed by atoms with Crippen LogP contribution in [0.2, 0.25) is 0 Å². The number of hydrogen-bond acceptors (Lipinski definition) is 0. The van der Waals surface area contributed by atoms with E-state index in [1.54, 1.807) is 0 Å². The Morgan fingerprint density at radius 1 is 1.06 bits per heavy atom. The highest BCUT2D eigenvalue weighted by Crippen LogP contribution is 2.35. The fourth-order valence-electron chi connectivity index (χ4n) is 1.87. The molecule has 90 valence electrons. The minimum absolute atomic E-state index is 0.0822. The number of aryl methyl sites for hydroxylation is 1. The normalized spacial score (nSPS) is 16.5. The van der Waals surface area contributed by atoms with Gasteiger partial charge in [0.15, 0.2) is 0 Å². The highest BCUT2D eigenvalue weighted by Gasteiger charge is 2.33. The van der Waals surface area contributed by atoms with Crippen molar-refractivity contribution in [3.63, 3.8) is 0 Å². The van der Waals surface area contributed by atoms with Crippen LogP contribution in [0.15, 0.2) is 42.0 Å². The maximum atomic E-state index is 12.6. The summed E-state index contributed by atoms with van der Waals surface area (Å²) >= 11 is 0. The molecule has 0 aromatic heterocycles. The molecule has 0 nitrogen and oxygen atoms in total. The van der Waals surface area contributed by atoms with Gasteiger partial charge in [0.25, 0.3) is 0 Å². The summed E-state index contributed by atoms with van der Waals surface area (Å²) in [6.45, 7) is 1.95. The molecular formula is C14H13F3. The van der Waals surface area contributed by atoms with E-state index in [-0.39, 0.29) is 6.42 Å². The summed E-state index contributed by atoms with van der Waals surface area (Å²) in [5.41, 5.74) is 2.18. The SMILES string of the molecule is Cc1ccc(C2=CCCC(C(F)(F)F)=C2)cc1. The summed E-state index contributed by atoms with van der Waals surface area (Å²) in [6, 6.07) is 7.53. The van der Waals surface area contributed by atoms with Crippen LogP contribution in [0.1, 0.15) is 24.0 Å². The van der Waals surface area contributed by atoms with Crippen LogP contribution in [0.25, 0.3) is 5.57 Å². The van der Waals surface area contributed by atoms with Gasteiger partial charge in [-0.25, -0.2) is 0 Å². The molecule has 1 aromatic carbocycles. The van der Waals surface area contributed by atoms with Crippen molar-refractivity contribution in [1.82, 2.24) is 0 Å². The first-order chi connectivity index (χ1) is 7.97.